The van der Waals surface area contributed by atoms with Crippen molar-refractivity contribution in [2.75, 3.05) is 0 Å². The van der Waals surface area contributed by atoms with Crippen LogP contribution in [-0.2, 0) is 6.42 Å². The van der Waals surface area contributed by atoms with Gasteiger partial charge in [0.1, 0.15) is 11.5 Å². The van der Waals surface area contributed by atoms with Crippen LogP contribution in [0.3, 0.4) is 0 Å². The topological polar surface area (TPSA) is 92.3 Å². The molecule has 6 nitrogen and oxygen atoms in total. The van der Waals surface area contributed by atoms with Crippen LogP contribution in [0.1, 0.15) is 10.6 Å². The van der Waals surface area contributed by atoms with Gasteiger partial charge in [-0.05, 0) is 36.5 Å². The minimum Gasteiger partial charge on any atom is -0.494 e. The molecule has 1 aromatic carbocycles. The molecule has 0 aliphatic rings. The largest absolute Gasteiger partial charge is 0.494 e. The summed E-state index contributed by atoms with van der Waals surface area (Å²) in [5.41, 5.74) is 0.218. The van der Waals surface area contributed by atoms with Crippen LogP contribution in [0.4, 0.5) is 5.69 Å². The first kappa shape index (κ1) is 15.7. The Morgan fingerprint density at radius 1 is 1.39 bits per heavy atom. The van der Waals surface area contributed by atoms with Gasteiger partial charge in [0.15, 0.2) is 3.95 Å². The van der Waals surface area contributed by atoms with E-state index < -0.39 is 4.92 Å². The van der Waals surface area contributed by atoms with Gasteiger partial charge in [-0.15, -0.1) is 11.3 Å². The van der Waals surface area contributed by atoms with Crippen molar-refractivity contribution < 1.29 is 14.4 Å². The molecule has 0 aliphatic carbocycles. The zero-order valence-corrected chi connectivity index (χ0v) is 13.8. The Kier molecular flexibility index (Phi) is 4.20. The summed E-state index contributed by atoms with van der Waals surface area (Å²) in [6.45, 7) is 0. The molecule has 0 bridgehead atoms. The van der Waals surface area contributed by atoms with Crippen LogP contribution in [0.25, 0.3) is 11.3 Å². The van der Waals surface area contributed by atoms with Gasteiger partial charge in [0, 0.05) is 17.5 Å². The number of aromatic nitrogens is 1. The standard InChI is InChI=1S/C14H9ClN2O4S2/c15-7-1-3-9(10(5-7)17(19)20)11-4-2-8(21-11)6-12-13(18)16-14(22)23-12/h1-5,18H,6H2,(H,16,22). The molecule has 2 heterocycles. The third-order valence-corrected chi connectivity index (χ3v) is 4.58. The van der Waals surface area contributed by atoms with Gasteiger partial charge >= 0.3 is 0 Å². The van der Waals surface area contributed by atoms with Crippen molar-refractivity contribution in [2.45, 2.75) is 6.42 Å². The molecule has 3 rings (SSSR count). The summed E-state index contributed by atoms with van der Waals surface area (Å²) in [5, 5.41) is 21.1. The maximum atomic E-state index is 11.2. The molecule has 2 N–H and O–H groups in total. The first-order chi connectivity index (χ1) is 10.9. The highest BCUT2D eigenvalue weighted by molar-refractivity contribution is 7.73. The summed E-state index contributed by atoms with van der Waals surface area (Å²) >= 11 is 12.0. The summed E-state index contributed by atoms with van der Waals surface area (Å²) in [5.74, 6) is 0.933. The summed E-state index contributed by atoms with van der Waals surface area (Å²) in [6, 6.07) is 7.74. The van der Waals surface area contributed by atoms with Crippen LogP contribution in [0.5, 0.6) is 5.88 Å². The van der Waals surface area contributed by atoms with E-state index in [0.29, 0.717) is 32.3 Å². The normalized spacial score (nSPS) is 10.8. The number of nitrogens with zero attached hydrogens (tertiary/aromatic N) is 1. The van der Waals surface area contributed by atoms with Gasteiger partial charge in [0.25, 0.3) is 5.69 Å². The first-order valence-electron chi connectivity index (χ1n) is 6.38. The fourth-order valence-corrected chi connectivity index (χ4v) is 3.41. The van der Waals surface area contributed by atoms with Gasteiger partial charge in [-0.3, -0.25) is 10.1 Å². The minimum absolute atomic E-state index is 0.00965. The number of thiazole rings is 1. The van der Waals surface area contributed by atoms with Gasteiger partial charge < -0.3 is 14.5 Å². The molecule has 0 radical (unpaired) electrons. The van der Waals surface area contributed by atoms with Gasteiger partial charge in [-0.1, -0.05) is 11.6 Å². The fourth-order valence-electron chi connectivity index (χ4n) is 2.11. The second-order valence-electron chi connectivity index (χ2n) is 4.65. The van der Waals surface area contributed by atoms with Gasteiger partial charge in [-0.25, -0.2) is 0 Å². The highest BCUT2D eigenvalue weighted by atomic mass is 35.5. The molecule has 0 atom stereocenters. The fraction of sp³-hybridized carbons (Fsp3) is 0.0714. The monoisotopic (exact) mass is 368 g/mol. The number of benzene rings is 1. The van der Waals surface area contributed by atoms with Crippen LogP contribution < -0.4 is 0 Å². The average molecular weight is 369 g/mol. The molecule has 0 saturated carbocycles. The van der Waals surface area contributed by atoms with Crippen molar-refractivity contribution >= 4 is 40.8 Å². The number of hydrogen-bond donors (Lipinski definition) is 2. The third-order valence-electron chi connectivity index (χ3n) is 3.12. The number of H-pyrrole nitrogens is 1. The Hall–Kier alpha value is -2.16. The van der Waals surface area contributed by atoms with E-state index in [4.69, 9.17) is 28.2 Å². The maximum Gasteiger partial charge on any atom is 0.281 e. The predicted molar refractivity (Wildman–Crippen MR) is 89.8 cm³/mol. The molecule has 23 heavy (non-hydrogen) atoms. The lowest BCUT2D eigenvalue weighted by Crippen LogP contribution is -1.91. The Labute approximate surface area is 144 Å². The van der Waals surface area contributed by atoms with Gasteiger partial charge in [-0.2, -0.15) is 0 Å². The molecule has 0 unspecified atom stereocenters. The number of halogens is 1. The van der Waals surface area contributed by atoms with Crippen LogP contribution in [0.15, 0.2) is 34.7 Å². The lowest BCUT2D eigenvalue weighted by molar-refractivity contribution is -0.384. The summed E-state index contributed by atoms with van der Waals surface area (Å²) < 4.78 is 6.14. The maximum absolute atomic E-state index is 11.2. The van der Waals surface area contributed by atoms with E-state index in [2.05, 4.69) is 4.98 Å². The summed E-state index contributed by atoms with van der Waals surface area (Å²) in [4.78, 5) is 13.9. The van der Waals surface area contributed by atoms with Crippen LogP contribution >= 0.6 is 35.2 Å². The van der Waals surface area contributed by atoms with Gasteiger partial charge in [0.2, 0.25) is 5.88 Å². The molecule has 0 spiro atoms. The zero-order valence-electron chi connectivity index (χ0n) is 11.4. The molecule has 118 valence electrons. The molecular formula is C14H9ClN2O4S2. The lowest BCUT2D eigenvalue weighted by atomic mass is 10.1. The number of furan rings is 1. The van der Waals surface area contributed by atoms with E-state index in [0.717, 1.165) is 0 Å². The van der Waals surface area contributed by atoms with Crippen molar-refractivity contribution in [1.82, 2.24) is 4.98 Å². The molecule has 0 aliphatic heterocycles. The number of hydrogen-bond acceptors (Lipinski definition) is 6. The van der Waals surface area contributed by atoms with E-state index in [9.17, 15) is 15.2 Å². The van der Waals surface area contributed by atoms with E-state index in [-0.39, 0.29) is 16.6 Å². The number of aromatic hydroxyl groups is 1. The van der Waals surface area contributed by atoms with E-state index in [1.165, 1.54) is 17.4 Å². The smallest absolute Gasteiger partial charge is 0.281 e. The minimum atomic E-state index is -0.507. The molecule has 0 fully saturated rings. The average Bonchev–Trinajstić information content (AvgIpc) is 3.06. The predicted octanol–water partition coefficient (Wildman–Crippen LogP) is 4.92. The number of nitro benzene ring substituents is 1. The Morgan fingerprint density at radius 2 is 2.17 bits per heavy atom. The Balaban J connectivity index is 1.95. The molecule has 9 heteroatoms. The van der Waals surface area contributed by atoms with Gasteiger partial charge in [0.05, 0.1) is 15.4 Å². The Morgan fingerprint density at radius 3 is 2.83 bits per heavy atom. The third kappa shape index (κ3) is 3.29. The summed E-state index contributed by atoms with van der Waals surface area (Å²) in [6.07, 6.45) is 0.338. The summed E-state index contributed by atoms with van der Waals surface area (Å²) in [7, 11) is 0. The van der Waals surface area contributed by atoms with Crippen LogP contribution in [-0.4, -0.2) is 15.0 Å². The lowest BCUT2D eigenvalue weighted by Gasteiger charge is -2.00. The molecule has 0 saturated heterocycles. The van der Waals surface area contributed by atoms with Crippen molar-refractivity contribution in [3.63, 3.8) is 0 Å². The molecular weight excluding hydrogens is 360 g/mol. The van der Waals surface area contributed by atoms with E-state index >= 15 is 0 Å². The number of nitro groups is 1. The van der Waals surface area contributed by atoms with Crippen molar-refractivity contribution in [2.24, 2.45) is 0 Å². The van der Waals surface area contributed by atoms with E-state index in [1.54, 1.807) is 24.3 Å². The highest BCUT2D eigenvalue weighted by Gasteiger charge is 2.19. The Bertz CT molecular complexity index is 944. The first-order valence-corrected chi connectivity index (χ1v) is 7.98. The molecule has 0 amide bonds. The second kappa shape index (κ2) is 6.15. The number of nitrogens with one attached hydrogen (secondary N) is 1. The van der Waals surface area contributed by atoms with E-state index in [1.807, 2.05) is 0 Å². The molecule has 2 aromatic heterocycles. The quantitative estimate of drug-likeness (QED) is 0.387. The highest BCUT2D eigenvalue weighted by Crippen LogP contribution is 2.34. The van der Waals surface area contributed by atoms with Crippen molar-refractivity contribution in [3.8, 4) is 17.2 Å². The van der Waals surface area contributed by atoms with Crippen LogP contribution in [0, 0.1) is 14.1 Å². The zero-order chi connectivity index (χ0) is 16.6. The SMILES string of the molecule is O=[N+]([O-])c1cc(Cl)ccc1-c1ccc(Cc2sc(=S)[nH]c2O)o1. The molecule has 3 aromatic rings. The van der Waals surface area contributed by atoms with Crippen LogP contribution in [0.2, 0.25) is 5.02 Å². The number of aromatic amines is 1. The second-order valence-corrected chi connectivity index (χ2v) is 6.86. The number of rotatable bonds is 4. The van der Waals surface area contributed by atoms with Crippen molar-refractivity contribution in [1.29, 1.82) is 0 Å². The van der Waals surface area contributed by atoms with Crippen molar-refractivity contribution in [3.05, 3.63) is 60.1 Å².